The van der Waals surface area contributed by atoms with Crippen LogP contribution >= 0.6 is 0 Å². The van der Waals surface area contributed by atoms with Gasteiger partial charge in [-0.1, -0.05) is 0 Å². The third-order valence-corrected chi connectivity index (χ3v) is 0.523. The molecule has 1 aliphatic heterocycles. The van der Waals surface area contributed by atoms with Crippen LogP contribution < -0.4 is 0 Å². The molecule has 0 radical (unpaired) electrons. The van der Waals surface area contributed by atoms with E-state index in [0.29, 0.717) is 13.2 Å². The van der Waals surface area contributed by atoms with E-state index in [1.807, 2.05) is 0 Å². The summed E-state index contributed by atoms with van der Waals surface area (Å²) in [5.41, 5.74) is 0. The molecule has 0 bridgehead atoms. The van der Waals surface area contributed by atoms with E-state index in [9.17, 15) is 4.79 Å². The van der Waals surface area contributed by atoms with Crippen molar-refractivity contribution in [2.75, 3.05) is 13.2 Å². The van der Waals surface area contributed by atoms with E-state index in [2.05, 4.69) is 9.47 Å². The first-order valence-electron chi connectivity index (χ1n) is 1.69. The van der Waals surface area contributed by atoms with Crippen LogP contribution in [0, 0.1) is 0 Å². The van der Waals surface area contributed by atoms with Gasteiger partial charge in [-0.3, -0.25) is 0 Å². The summed E-state index contributed by atoms with van der Waals surface area (Å²) < 4.78 is 8.58. The summed E-state index contributed by atoms with van der Waals surface area (Å²) >= 11 is 0. The maximum Gasteiger partial charge on any atom is 0.508 e. The van der Waals surface area contributed by atoms with Crippen molar-refractivity contribution in [1.82, 2.24) is 0 Å². The van der Waals surface area contributed by atoms with Gasteiger partial charge in [0, 0.05) is 0 Å². The molecule has 0 unspecified atom stereocenters. The third-order valence-electron chi connectivity index (χ3n) is 0.523. The van der Waals surface area contributed by atoms with Crippen molar-refractivity contribution in [1.29, 1.82) is 0 Å². The topological polar surface area (TPSA) is 67.0 Å². The lowest BCUT2D eigenvalue weighted by Crippen LogP contribution is -1.88. The van der Waals surface area contributed by atoms with Crippen LogP contribution in [-0.4, -0.2) is 24.8 Å². The molecule has 4 heteroatoms. The van der Waals surface area contributed by atoms with Crippen LogP contribution in [0.4, 0.5) is 4.79 Å². The van der Waals surface area contributed by atoms with Crippen molar-refractivity contribution in [3.63, 3.8) is 0 Å². The highest BCUT2D eigenvalue weighted by Crippen LogP contribution is 1.92. The number of hydrogen-bond acceptors (Lipinski definition) is 3. The molecular formula is C3H6O4. The summed E-state index contributed by atoms with van der Waals surface area (Å²) in [4.78, 5) is 9.80. The lowest BCUT2D eigenvalue weighted by Gasteiger charge is -1.78. The minimum Gasteiger partial charge on any atom is -0.431 e. The second kappa shape index (κ2) is 2.41. The summed E-state index contributed by atoms with van der Waals surface area (Å²) in [6.07, 6.45) is -0.546. The Morgan fingerprint density at radius 1 is 1.29 bits per heavy atom. The predicted octanol–water partition coefficient (Wildman–Crippen LogP) is -0.671. The van der Waals surface area contributed by atoms with Gasteiger partial charge in [-0.15, -0.1) is 0 Å². The van der Waals surface area contributed by atoms with Gasteiger partial charge in [-0.05, 0) is 0 Å². The van der Waals surface area contributed by atoms with Crippen LogP contribution in [-0.2, 0) is 9.47 Å². The Labute approximate surface area is 40.3 Å². The SMILES string of the molecule is O.O=C1OCCO1. The van der Waals surface area contributed by atoms with Crippen LogP contribution in [0.25, 0.3) is 0 Å². The summed E-state index contributed by atoms with van der Waals surface area (Å²) in [5.74, 6) is 0. The van der Waals surface area contributed by atoms with E-state index in [0.717, 1.165) is 0 Å². The lowest BCUT2D eigenvalue weighted by molar-refractivity contribution is 0.131. The van der Waals surface area contributed by atoms with Crippen LogP contribution in [0.5, 0.6) is 0 Å². The van der Waals surface area contributed by atoms with Gasteiger partial charge in [0.05, 0.1) is 0 Å². The molecule has 0 aliphatic carbocycles. The Morgan fingerprint density at radius 2 is 1.71 bits per heavy atom. The van der Waals surface area contributed by atoms with E-state index >= 15 is 0 Å². The van der Waals surface area contributed by atoms with Crippen molar-refractivity contribution in [3.8, 4) is 0 Å². The van der Waals surface area contributed by atoms with Gasteiger partial charge in [-0.25, -0.2) is 4.79 Å². The number of rotatable bonds is 0. The van der Waals surface area contributed by atoms with Crippen LogP contribution in [0.15, 0.2) is 0 Å². The van der Waals surface area contributed by atoms with Gasteiger partial charge in [0.1, 0.15) is 13.2 Å². The summed E-state index contributed by atoms with van der Waals surface area (Å²) in [5, 5.41) is 0. The largest absolute Gasteiger partial charge is 0.508 e. The molecule has 0 aromatic heterocycles. The normalized spacial score (nSPS) is 16.9. The molecule has 0 saturated carbocycles. The van der Waals surface area contributed by atoms with E-state index in [1.165, 1.54) is 0 Å². The molecule has 42 valence electrons. The fourth-order valence-corrected chi connectivity index (χ4v) is 0.292. The van der Waals surface area contributed by atoms with Gasteiger partial charge in [0.2, 0.25) is 0 Å². The maximum absolute atomic E-state index is 9.80. The van der Waals surface area contributed by atoms with Crippen LogP contribution in [0.2, 0.25) is 0 Å². The maximum atomic E-state index is 9.80. The van der Waals surface area contributed by atoms with Crippen molar-refractivity contribution in [2.24, 2.45) is 0 Å². The van der Waals surface area contributed by atoms with Crippen molar-refractivity contribution in [2.45, 2.75) is 0 Å². The van der Waals surface area contributed by atoms with Crippen molar-refractivity contribution < 1.29 is 19.7 Å². The van der Waals surface area contributed by atoms with Gasteiger partial charge in [0.25, 0.3) is 0 Å². The molecular weight excluding hydrogens is 100 g/mol. The molecule has 1 rings (SSSR count). The van der Waals surface area contributed by atoms with Gasteiger partial charge in [0.15, 0.2) is 0 Å². The first-order chi connectivity index (χ1) is 2.89. The standard InChI is InChI=1S/C3H4O3.H2O/c4-3-5-1-2-6-3;/h1-2H2;1H2. The molecule has 1 fully saturated rings. The highest BCUT2D eigenvalue weighted by atomic mass is 16.8. The molecule has 1 aliphatic rings. The molecule has 2 N–H and O–H groups in total. The zero-order valence-electron chi connectivity index (χ0n) is 3.64. The zero-order valence-corrected chi connectivity index (χ0v) is 3.64. The highest BCUT2D eigenvalue weighted by Gasteiger charge is 2.09. The quantitative estimate of drug-likeness (QED) is 0.384. The van der Waals surface area contributed by atoms with E-state index in [-0.39, 0.29) is 5.48 Å². The minimum absolute atomic E-state index is 0. The average Bonchev–Trinajstić information content (AvgIpc) is 1.86. The molecule has 4 nitrogen and oxygen atoms in total. The van der Waals surface area contributed by atoms with Gasteiger partial charge >= 0.3 is 6.16 Å². The first kappa shape index (κ1) is 6.23. The number of carbonyl (C=O) groups is 1. The Bertz CT molecular complexity index is 61.3. The predicted molar refractivity (Wildman–Crippen MR) is 20.9 cm³/mol. The number of cyclic esters (lactones) is 2. The Hall–Kier alpha value is -0.770. The Kier molecular flexibility index (Phi) is 2.15. The smallest absolute Gasteiger partial charge is 0.431 e. The number of ether oxygens (including phenoxy) is 2. The zero-order chi connectivity index (χ0) is 4.41. The fraction of sp³-hybridized carbons (Fsp3) is 0.667. The average molecular weight is 106 g/mol. The number of hydrogen-bond donors (Lipinski definition) is 0. The molecule has 0 aromatic carbocycles. The molecule has 0 amide bonds. The first-order valence-corrected chi connectivity index (χ1v) is 1.69. The number of carbonyl (C=O) groups excluding carboxylic acids is 1. The molecule has 0 atom stereocenters. The van der Waals surface area contributed by atoms with Crippen molar-refractivity contribution >= 4 is 6.16 Å². The lowest BCUT2D eigenvalue weighted by atomic mass is 10.8. The van der Waals surface area contributed by atoms with E-state index < -0.39 is 6.16 Å². The molecule has 0 aromatic rings. The Morgan fingerprint density at radius 3 is 1.86 bits per heavy atom. The minimum atomic E-state index is -0.546. The molecule has 1 saturated heterocycles. The summed E-state index contributed by atoms with van der Waals surface area (Å²) in [7, 11) is 0. The van der Waals surface area contributed by atoms with E-state index in [1.54, 1.807) is 0 Å². The van der Waals surface area contributed by atoms with Crippen molar-refractivity contribution in [3.05, 3.63) is 0 Å². The van der Waals surface area contributed by atoms with Gasteiger partial charge in [-0.2, -0.15) is 0 Å². The molecule has 1 heterocycles. The molecule has 0 spiro atoms. The van der Waals surface area contributed by atoms with Crippen LogP contribution in [0.3, 0.4) is 0 Å². The summed E-state index contributed by atoms with van der Waals surface area (Å²) in [6.45, 7) is 0.831. The molecule has 7 heavy (non-hydrogen) atoms. The van der Waals surface area contributed by atoms with E-state index in [4.69, 9.17) is 0 Å². The highest BCUT2D eigenvalue weighted by molar-refractivity contribution is 5.61. The third kappa shape index (κ3) is 1.41. The Balaban J connectivity index is 0.000000360. The van der Waals surface area contributed by atoms with Crippen LogP contribution in [0.1, 0.15) is 0 Å². The van der Waals surface area contributed by atoms with Gasteiger partial charge < -0.3 is 14.9 Å². The fourth-order valence-electron chi connectivity index (χ4n) is 0.292. The second-order valence-corrected chi connectivity index (χ2v) is 0.947. The summed E-state index contributed by atoms with van der Waals surface area (Å²) in [6, 6.07) is 0. The monoisotopic (exact) mass is 106 g/mol. The second-order valence-electron chi connectivity index (χ2n) is 0.947.